The van der Waals surface area contributed by atoms with Crippen molar-refractivity contribution in [3.8, 4) is 0 Å². The van der Waals surface area contributed by atoms with Crippen LogP contribution in [0.1, 0.15) is 6.42 Å². The number of amides is 1. The van der Waals surface area contributed by atoms with Crippen molar-refractivity contribution in [1.29, 1.82) is 0 Å². The van der Waals surface area contributed by atoms with Gasteiger partial charge in [-0.25, -0.2) is 0 Å². The van der Waals surface area contributed by atoms with E-state index in [0.717, 1.165) is 39.3 Å². The molecule has 3 heterocycles. The van der Waals surface area contributed by atoms with E-state index in [1.54, 1.807) is 4.68 Å². The Morgan fingerprint density at radius 3 is 2.86 bits per heavy atom. The van der Waals surface area contributed by atoms with Crippen molar-refractivity contribution in [3.05, 3.63) is 12.3 Å². The fourth-order valence-corrected chi connectivity index (χ4v) is 3.10. The number of carbonyl (C=O) groups excluding carboxylic acids is 1. The number of hydrogen-bond acceptors (Lipinski definition) is 5. The van der Waals surface area contributed by atoms with Gasteiger partial charge in [0, 0.05) is 58.1 Å². The Bertz CT molecular complexity index is 474. The van der Waals surface area contributed by atoms with E-state index in [1.807, 2.05) is 19.3 Å². The minimum Gasteiger partial charge on any atom is -0.315 e. The van der Waals surface area contributed by atoms with Crippen LogP contribution < -0.4 is 10.6 Å². The summed E-state index contributed by atoms with van der Waals surface area (Å²) in [5.41, 5.74) is 0. The summed E-state index contributed by atoms with van der Waals surface area (Å²) in [7, 11) is 1.84. The Balaban J connectivity index is 1.41. The zero-order valence-electron chi connectivity index (χ0n) is 12.6. The van der Waals surface area contributed by atoms with Crippen molar-refractivity contribution < 1.29 is 4.79 Å². The van der Waals surface area contributed by atoms with Gasteiger partial charge >= 0.3 is 0 Å². The number of hydrogen-bond donors (Lipinski definition) is 2. The van der Waals surface area contributed by atoms with Gasteiger partial charge in [0.25, 0.3) is 0 Å². The van der Waals surface area contributed by atoms with Crippen molar-refractivity contribution in [2.75, 3.05) is 51.1 Å². The van der Waals surface area contributed by atoms with Gasteiger partial charge < -0.3 is 10.6 Å². The number of nitrogens with zero attached hydrogens (tertiary/aromatic N) is 4. The normalized spacial score (nSPS) is 24.3. The van der Waals surface area contributed by atoms with Crippen LogP contribution in [-0.4, -0.2) is 77.3 Å². The van der Waals surface area contributed by atoms with Crippen LogP contribution in [0.4, 0.5) is 5.82 Å². The molecule has 2 N–H and O–H groups in total. The fourth-order valence-electron chi connectivity index (χ4n) is 3.10. The number of carbonyl (C=O) groups is 1. The lowest BCUT2D eigenvalue weighted by Gasteiger charge is -2.37. The molecule has 7 nitrogen and oxygen atoms in total. The van der Waals surface area contributed by atoms with Gasteiger partial charge in [-0.1, -0.05) is 0 Å². The second-order valence-corrected chi connectivity index (χ2v) is 5.88. The number of aryl methyl sites for hydroxylation is 1. The molecule has 21 heavy (non-hydrogen) atoms. The predicted molar refractivity (Wildman–Crippen MR) is 81.1 cm³/mol. The molecule has 2 aliphatic rings. The lowest BCUT2D eigenvalue weighted by Crippen LogP contribution is -2.52. The van der Waals surface area contributed by atoms with E-state index in [0.29, 0.717) is 18.4 Å². The first-order valence-electron chi connectivity index (χ1n) is 7.67. The summed E-state index contributed by atoms with van der Waals surface area (Å²) in [5.74, 6) is 0.642. The zero-order valence-corrected chi connectivity index (χ0v) is 12.6. The molecule has 0 radical (unpaired) electrons. The highest BCUT2D eigenvalue weighted by Gasteiger charge is 2.26. The zero-order chi connectivity index (χ0) is 14.7. The molecule has 1 aromatic heterocycles. The van der Waals surface area contributed by atoms with Crippen LogP contribution in [0.2, 0.25) is 0 Å². The van der Waals surface area contributed by atoms with Gasteiger partial charge in [0.15, 0.2) is 5.82 Å². The fraction of sp³-hybridized carbons (Fsp3) is 0.714. The molecule has 1 atom stereocenters. The molecule has 0 bridgehead atoms. The number of anilines is 1. The molecule has 0 aromatic carbocycles. The molecule has 0 spiro atoms. The van der Waals surface area contributed by atoms with Crippen LogP contribution in [0.25, 0.3) is 0 Å². The van der Waals surface area contributed by atoms with Crippen LogP contribution in [0.15, 0.2) is 12.3 Å². The van der Waals surface area contributed by atoms with Crippen LogP contribution in [-0.2, 0) is 11.8 Å². The van der Waals surface area contributed by atoms with Crippen molar-refractivity contribution in [2.24, 2.45) is 7.05 Å². The molecular weight excluding hydrogens is 268 g/mol. The number of rotatable bonds is 4. The van der Waals surface area contributed by atoms with Crippen molar-refractivity contribution in [3.63, 3.8) is 0 Å². The Labute approximate surface area is 125 Å². The Morgan fingerprint density at radius 1 is 1.43 bits per heavy atom. The summed E-state index contributed by atoms with van der Waals surface area (Å²) in [6.07, 6.45) is 3.07. The maximum atomic E-state index is 12.0. The van der Waals surface area contributed by atoms with Gasteiger partial charge in [-0.15, -0.1) is 0 Å². The van der Waals surface area contributed by atoms with Crippen LogP contribution in [0.3, 0.4) is 0 Å². The van der Waals surface area contributed by atoms with E-state index in [4.69, 9.17) is 0 Å². The monoisotopic (exact) mass is 292 g/mol. The Morgan fingerprint density at radius 2 is 2.24 bits per heavy atom. The van der Waals surface area contributed by atoms with Gasteiger partial charge in [0.1, 0.15) is 0 Å². The summed E-state index contributed by atoms with van der Waals surface area (Å²) < 4.78 is 1.68. The first-order chi connectivity index (χ1) is 10.2. The van der Waals surface area contributed by atoms with Gasteiger partial charge in [-0.3, -0.25) is 19.3 Å². The van der Waals surface area contributed by atoms with Crippen LogP contribution >= 0.6 is 0 Å². The minimum atomic E-state index is 0.0182. The molecule has 7 heteroatoms. The molecule has 0 aliphatic carbocycles. The molecule has 1 amide bonds. The standard InChI is InChI=1S/C14H24N6O/c1-18-5-3-13(17-18)16-14(21)11-19-6-8-20(9-7-19)12-2-4-15-10-12/h3,5,12,15H,2,4,6-11H2,1H3,(H,16,17,21)/t12-/m1/s1. The van der Waals surface area contributed by atoms with Gasteiger partial charge in [0.2, 0.25) is 5.91 Å². The second kappa shape index (κ2) is 6.55. The highest BCUT2D eigenvalue weighted by atomic mass is 16.2. The lowest BCUT2D eigenvalue weighted by atomic mass is 10.2. The first kappa shape index (κ1) is 14.5. The number of piperazine rings is 1. The molecule has 2 aliphatic heterocycles. The van der Waals surface area contributed by atoms with Gasteiger partial charge in [0.05, 0.1) is 6.54 Å². The second-order valence-electron chi connectivity index (χ2n) is 5.88. The molecule has 0 saturated carbocycles. The van der Waals surface area contributed by atoms with Crippen LogP contribution in [0, 0.1) is 0 Å². The Hall–Kier alpha value is -1.44. The summed E-state index contributed by atoms with van der Waals surface area (Å²) in [4.78, 5) is 16.8. The summed E-state index contributed by atoms with van der Waals surface area (Å²) >= 11 is 0. The molecule has 2 saturated heterocycles. The van der Waals surface area contributed by atoms with Crippen LogP contribution in [0.5, 0.6) is 0 Å². The average molecular weight is 292 g/mol. The molecular formula is C14H24N6O. The van der Waals surface area contributed by atoms with E-state index in [2.05, 4.69) is 25.5 Å². The third-order valence-corrected chi connectivity index (χ3v) is 4.31. The third kappa shape index (κ3) is 3.81. The van der Waals surface area contributed by atoms with Crippen molar-refractivity contribution >= 4 is 11.7 Å². The van der Waals surface area contributed by atoms with E-state index < -0.39 is 0 Å². The number of nitrogens with one attached hydrogen (secondary N) is 2. The lowest BCUT2D eigenvalue weighted by molar-refractivity contribution is -0.117. The predicted octanol–water partition coefficient (Wildman–Crippen LogP) is -0.662. The van der Waals surface area contributed by atoms with Gasteiger partial charge in [-0.05, 0) is 13.0 Å². The minimum absolute atomic E-state index is 0.0182. The third-order valence-electron chi connectivity index (χ3n) is 4.31. The maximum absolute atomic E-state index is 12.0. The van der Waals surface area contributed by atoms with E-state index in [1.165, 1.54) is 6.42 Å². The molecule has 2 fully saturated rings. The maximum Gasteiger partial charge on any atom is 0.239 e. The smallest absolute Gasteiger partial charge is 0.239 e. The van der Waals surface area contributed by atoms with Crippen molar-refractivity contribution in [2.45, 2.75) is 12.5 Å². The Kier molecular flexibility index (Phi) is 4.52. The average Bonchev–Trinajstić information content (AvgIpc) is 3.11. The van der Waals surface area contributed by atoms with Crippen molar-refractivity contribution in [1.82, 2.24) is 24.9 Å². The topological polar surface area (TPSA) is 65.4 Å². The molecule has 3 rings (SSSR count). The van der Waals surface area contributed by atoms with E-state index >= 15 is 0 Å². The molecule has 1 aromatic rings. The summed E-state index contributed by atoms with van der Waals surface area (Å²) in [6, 6.07) is 2.50. The van der Waals surface area contributed by atoms with E-state index in [9.17, 15) is 4.79 Å². The van der Waals surface area contributed by atoms with Gasteiger partial charge in [-0.2, -0.15) is 5.10 Å². The molecule has 116 valence electrons. The number of aromatic nitrogens is 2. The largest absolute Gasteiger partial charge is 0.315 e. The van der Waals surface area contributed by atoms with E-state index in [-0.39, 0.29) is 5.91 Å². The SMILES string of the molecule is Cn1ccc(NC(=O)CN2CCN([C@@H]3CCNC3)CC2)n1. The highest BCUT2D eigenvalue weighted by Crippen LogP contribution is 2.12. The highest BCUT2D eigenvalue weighted by molar-refractivity contribution is 5.91. The summed E-state index contributed by atoms with van der Waals surface area (Å²) in [5, 5.41) is 10.4. The first-order valence-corrected chi connectivity index (χ1v) is 7.67. The quantitative estimate of drug-likeness (QED) is 0.771. The summed E-state index contributed by atoms with van der Waals surface area (Å²) in [6.45, 7) is 6.75. The molecule has 0 unspecified atom stereocenters.